The molecule has 1 atom stereocenters. The summed E-state index contributed by atoms with van der Waals surface area (Å²) < 4.78 is 15.7. The lowest BCUT2D eigenvalue weighted by atomic mass is 9.97. The highest BCUT2D eigenvalue weighted by molar-refractivity contribution is 6.04. The third-order valence-electron chi connectivity index (χ3n) is 5.44. The number of ketones is 1. The predicted molar refractivity (Wildman–Crippen MR) is 141 cm³/mol. The van der Waals surface area contributed by atoms with Gasteiger partial charge in [0.2, 0.25) is 0 Å². The van der Waals surface area contributed by atoms with Crippen LogP contribution in [0.15, 0.2) is 77.9 Å². The number of methoxy groups -OCH3 is 1. The van der Waals surface area contributed by atoms with Crippen molar-refractivity contribution in [1.29, 1.82) is 0 Å². The highest BCUT2D eigenvalue weighted by atomic mass is 16.5. The van der Waals surface area contributed by atoms with E-state index in [1.54, 1.807) is 43.5 Å². The first-order chi connectivity index (χ1) is 18.4. The third kappa shape index (κ3) is 8.45. The Kier molecular flexibility index (Phi) is 10.4. The minimum Gasteiger partial charge on any atom is -0.491 e. The number of aliphatic carboxylic acids is 1. The van der Waals surface area contributed by atoms with E-state index < -0.39 is 24.5 Å². The summed E-state index contributed by atoms with van der Waals surface area (Å²) in [6, 6.07) is 19.1. The Morgan fingerprint density at radius 3 is 2.11 bits per heavy atom. The van der Waals surface area contributed by atoms with Crippen LogP contribution in [-0.4, -0.2) is 62.0 Å². The molecule has 0 saturated heterocycles. The summed E-state index contributed by atoms with van der Waals surface area (Å²) in [4.78, 5) is 37.2. The first-order valence-electron chi connectivity index (χ1n) is 11.7. The van der Waals surface area contributed by atoms with Crippen LogP contribution in [0.2, 0.25) is 0 Å². The summed E-state index contributed by atoms with van der Waals surface area (Å²) in [5.74, 6) is 4.32. The molecule has 0 spiro atoms. The van der Waals surface area contributed by atoms with Gasteiger partial charge in [-0.15, -0.1) is 0 Å². The maximum atomic E-state index is 13.5. The molecule has 3 aromatic carbocycles. The molecule has 0 saturated carbocycles. The third-order valence-corrected chi connectivity index (χ3v) is 5.44. The van der Waals surface area contributed by atoms with E-state index in [2.05, 4.69) is 10.4 Å². The maximum Gasteiger partial charge on any atom is 0.341 e. The fourth-order valence-electron chi connectivity index (χ4n) is 3.52. The van der Waals surface area contributed by atoms with Gasteiger partial charge in [0.1, 0.15) is 18.1 Å². The van der Waals surface area contributed by atoms with Gasteiger partial charge in [0.25, 0.3) is 5.91 Å². The van der Waals surface area contributed by atoms with Crippen molar-refractivity contribution in [2.75, 3.05) is 26.9 Å². The molecule has 0 fully saturated rings. The monoisotopic (exact) mass is 519 g/mol. The minimum absolute atomic E-state index is 0.234. The van der Waals surface area contributed by atoms with E-state index in [9.17, 15) is 14.4 Å². The zero-order chi connectivity index (χ0) is 27.3. The van der Waals surface area contributed by atoms with E-state index in [-0.39, 0.29) is 12.2 Å². The molecule has 0 radical (unpaired) electrons. The van der Waals surface area contributed by atoms with Gasteiger partial charge in [0.05, 0.1) is 18.9 Å². The molecule has 0 bridgehead atoms. The molecule has 0 aliphatic carbocycles. The number of carbonyl (C=O) groups is 3. The zero-order valence-corrected chi connectivity index (χ0v) is 20.8. The highest BCUT2D eigenvalue weighted by Crippen LogP contribution is 2.18. The van der Waals surface area contributed by atoms with E-state index in [4.69, 9.17) is 25.2 Å². The Morgan fingerprint density at radius 1 is 0.895 bits per heavy atom. The second-order valence-electron chi connectivity index (χ2n) is 8.19. The molecule has 10 nitrogen and oxygen atoms in total. The number of benzene rings is 3. The van der Waals surface area contributed by atoms with Gasteiger partial charge in [-0.25, -0.2) is 4.79 Å². The number of hydrogen-bond donors (Lipinski definition) is 3. The Morgan fingerprint density at radius 2 is 1.50 bits per heavy atom. The van der Waals surface area contributed by atoms with Crippen molar-refractivity contribution in [3.63, 3.8) is 0 Å². The van der Waals surface area contributed by atoms with E-state index >= 15 is 0 Å². The molecule has 0 heterocycles. The average Bonchev–Trinajstić information content (AvgIpc) is 2.93. The zero-order valence-electron chi connectivity index (χ0n) is 20.8. The molecule has 3 aromatic rings. The highest BCUT2D eigenvalue weighted by Gasteiger charge is 2.23. The molecular weight excluding hydrogens is 490 g/mol. The van der Waals surface area contributed by atoms with Gasteiger partial charge >= 0.3 is 5.97 Å². The number of Topliss-reactive ketones (excluding diaryl/α,β-unsaturated/α-hetero) is 1. The lowest BCUT2D eigenvalue weighted by Gasteiger charge is -2.19. The molecule has 4 N–H and O–H groups in total. The summed E-state index contributed by atoms with van der Waals surface area (Å²) in [7, 11) is 1.59. The number of nitrogens with one attached hydrogen (secondary N) is 1. The quantitative estimate of drug-likeness (QED) is 0.0968. The Labute approximate surface area is 220 Å². The summed E-state index contributed by atoms with van der Waals surface area (Å²) >= 11 is 0. The summed E-state index contributed by atoms with van der Waals surface area (Å²) in [6.07, 6.45) is 1.69. The second kappa shape index (κ2) is 14.1. The van der Waals surface area contributed by atoms with Crippen molar-refractivity contribution in [1.82, 2.24) is 5.32 Å². The summed E-state index contributed by atoms with van der Waals surface area (Å²) in [5, 5.41) is 15.1. The lowest BCUT2D eigenvalue weighted by Crippen LogP contribution is -2.42. The van der Waals surface area contributed by atoms with Crippen LogP contribution in [0, 0.1) is 0 Å². The lowest BCUT2D eigenvalue weighted by molar-refractivity contribution is -0.139. The standard InChI is InChI=1S/C28H29N3O7/c1-36-14-15-37-23-10-4-19(5-11-23)16-25(31-28(35)22-6-2-20(3-7-22)17-30-29)27(34)21-8-12-24(13-9-21)38-18-26(32)33/h2-13,17,25H,14-16,18,29H2,1H3,(H,31,35)(H,32,33)/t25-/m0/s1. The molecule has 0 aliphatic heterocycles. The normalized spacial score (nSPS) is 11.6. The van der Waals surface area contributed by atoms with Crippen LogP contribution in [0.3, 0.4) is 0 Å². The smallest absolute Gasteiger partial charge is 0.341 e. The number of ether oxygens (including phenoxy) is 3. The van der Waals surface area contributed by atoms with Crippen molar-refractivity contribution >= 4 is 23.9 Å². The first-order valence-corrected chi connectivity index (χ1v) is 11.7. The van der Waals surface area contributed by atoms with Gasteiger partial charge in [-0.05, 0) is 59.7 Å². The van der Waals surface area contributed by atoms with E-state index in [0.717, 1.165) is 11.1 Å². The number of carboxylic acids is 1. The number of hydrogen-bond acceptors (Lipinski definition) is 8. The summed E-state index contributed by atoms with van der Waals surface area (Å²) in [6.45, 7) is 0.382. The van der Waals surface area contributed by atoms with E-state index in [1.165, 1.54) is 30.5 Å². The van der Waals surface area contributed by atoms with Crippen molar-refractivity contribution in [2.45, 2.75) is 12.5 Å². The number of hydrazone groups is 1. The van der Waals surface area contributed by atoms with Gasteiger partial charge in [-0.2, -0.15) is 5.10 Å². The van der Waals surface area contributed by atoms with Gasteiger partial charge in [-0.3, -0.25) is 9.59 Å². The molecule has 10 heteroatoms. The second-order valence-corrected chi connectivity index (χ2v) is 8.19. The van der Waals surface area contributed by atoms with Crippen LogP contribution in [0.5, 0.6) is 11.5 Å². The number of amides is 1. The Hall–Kier alpha value is -4.70. The maximum absolute atomic E-state index is 13.5. The minimum atomic E-state index is -1.11. The molecule has 0 unspecified atom stereocenters. The molecular formula is C28H29N3O7. The molecule has 3 rings (SSSR count). The molecule has 198 valence electrons. The van der Waals surface area contributed by atoms with Crippen molar-refractivity contribution in [3.8, 4) is 11.5 Å². The number of nitrogens with zero attached hydrogens (tertiary/aromatic N) is 1. The molecule has 1 amide bonds. The average molecular weight is 520 g/mol. The van der Waals surface area contributed by atoms with Crippen LogP contribution in [0.1, 0.15) is 31.8 Å². The SMILES string of the molecule is COCCOc1ccc(C[C@H](NC(=O)c2ccc(C=NN)cc2)C(=O)c2ccc(OCC(=O)O)cc2)cc1. The number of rotatable bonds is 14. The fraction of sp³-hybridized carbons (Fsp3) is 0.214. The first kappa shape index (κ1) is 27.9. The van der Waals surface area contributed by atoms with Crippen LogP contribution >= 0.6 is 0 Å². The molecule has 38 heavy (non-hydrogen) atoms. The van der Waals surface area contributed by atoms with Crippen LogP contribution < -0.4 is 20.6 Å². The molecule has 0 aromatic heterocycles. The van der Waals surface area contributed by atoms with Gasteiger partial charge in [0, 0.05) is 24.7 Å². The summed E-state index contributed by atoms with van der Waals surface area (Å²) in [5.41, 5.74) is 2.26. The van der Waals surface area contributed by atoms with Gasteiger partial charge in [0.15, 0.2) is 12.4 Å². The molecule has 0 aliphatic rings. The van der Waals surface area contributed by atoms with Crippen molar-refractivity contribution in [3.05, 3.63) is 95.1 Å². The number of carbonyl (C=O) groups excluding carboxylic acids is 2. The van der Waals surface area contributed by atoms with Crippen LogP contribution in [-0.2, 0) is 16.0 Å². The number of carboxylic acid groups (broad SMARTS) is 1. The predicted octanol–water partition coefficient (Wildman–Crippen LogP) is 2.69. The van der Waals surface area contributed by atoms with Gasteiger partial charge < -0.3 is 30.5 Å². The number of nitrogens with two attached hydrogens (primary N) is 1. The van der Waals surface area contributed by atoms with E-state index in [1.807, 2.05) is 12.1 Å². The van der Waals surface area contributed by atoms with Crippen molar-refractivity contribution in [2.24, 2.45) is 10.9 Å². The Balaban J connectivity index is 1.78. The van der Waals surface area contributed by atoms with E-state index in [0.29, 0.717) is 35.8 Å². The topological polar surface area (TPSA) is 150 Å². The Bertz CT molecular complexity index is 1240. The fourth-order valence-corrected chi connectivity index (χ4v) is 3.52. The van der Waals surface area contributed by atoms with Crippen LogP contribution in [0.25, 0.3) is 0 Å². The van der Waals surface area contributed by atoms with Crippen molar-refractivity contribution < 1.29 is 33.7 Å². The van der Waals surface area contributed by atoms with Gasteiger partial charge in [-0.1, -0.05) is 24.3 Å². The van der Waals surface area contributed by atoms with Crippen LogP contribution in [0.4, 0.5) is 0 Å². The largest absolute Gasteiger partial charge is 0.491 e.